The summed E-state index contributed by atoms with van der Waals surface area (Å²) in [6.07, 6.45) is 0. The second kappa shape index (κ2) is 8.38. The van der Waals surface area contributed by atoms with Gasteiger partial charge in [-0.15, -0.1) is 0 Å². The lowest BCUT2D eigenvalue weighted by molar-refractivity contribution is -0.120. The highest BCUT2D eigenvalue weighted by atomic mass is 16.2. The predicted octanol–water partition coefficient (Wildman–Crippen LogP) is 5.10. The second-order valence-electron chi connectivity index (χ2n) is 8.19. The summed E-state index contributed by atoms with van der Waals surface area (Å²) in [5, 5.41) is 2.89. The van der Waals surface area contributed by atoms with E-state index in [0.29, 0.717) is 0 Å². The van der Waals surface area contributed by atoms with Crippen LogP contribution in [0.2, 0.25) is 0 Å². The number of hydrogen-bond acceptors (Lipinski definition) is 2. The van der Waals surface area contributed by atoms with Gasteiger partial charge in [0.2, 0.25) is 11.8 Å². The number of nitrogens with one attached hydrogen (secondary N) is 1. The standard InChI is InChI=1S/C23H30N2O2/c1-16(2)20-9-7-8-10-21(20)25(17(3)26)15-22(27)24-19-13-11-18(12-14-19)23(4,5)6/h7-14,16H,15H2,1-6H3,(H,24,27). The molecule has 0 aromatic heterocycles. The van der Waals surface area contributed by atoms with Gasteiger partial charge in [-0.05, 0) is 40.7 Å². The van der Waals surface area contributed by atoms with Crippen molar-refractivity contribution in [2.45, 2.75) is 52.9 Å². The molecule has 2 aromatic carbocycles. The van der Waals surface area contributed by atoms with Crippen LogP contribution in [0.5, 0.6) is 0 Å². The normalized spacial score (nSPS) is 11.4. The van der Waals surface area contributed by atoms with Crippen molar-refractivity contribution in [3.63, 3.8) is 0 Å². The minimum Gasteiger partial charge on any atom is -0.325 e. The summed E-state index contributed by atoms with van der Waals surface area (Å²) in [7, 11) is 0. The van der Waals surface area contributed by atoms with Crippen LogP contribution in [0.3, 0.4) is 0 Å². The van der Waals surface area contributed by atoms with Crippen molar-refractivity contribution in [2.75, 3.05) is 16.8 Å². The van der Waals surface area contributed by atoms with Crippen LogP contribution < -0.4 is 10.2 Å². The Morgan fingerprint density at radius 1 is 1.00 bits per heavy atom. The second-order valence-corrected chi connectivity index (χ2v) is 8.19. The summed E-state index contributed by atoms with van der Waals surface area (Å²) in [6.45, 7) is 12.1. The fourth-order valence-electron chi connectivity index (χ4n) is 2.99. The van der Waals surface area contributed by atoms with Crippen LogP contribution in [-0.4, -0.2) is 18.4 Å². The van der Waals surface area contributed by atoms with E-state index in [9.17, 15) is 9.59 Å². The quantitative estimate of drug-likeness (QED) is 0.800. The average molecular weight is 367 g/mol. The van der Waals surface area contributed by atoms with Crippen molar-refractivity contribution in [3.05, 3.63) is 59.7 Å². The minimum absolute atomic E-state index is 0.0138. The summed E-state index contributed by atoms with van der Waals surface area (Å²) in [5.41, 5.74) is 3.84. The molecule has 2 amide bonds. The Morgan fingerprint density at radius 3 is 2.11 bits per heavy atom. The van der Waals surface area contributed by atoms with Crippen LogP contribution in [0.1, 0.15) is 58.6 Å². The maximum atomic E-state index is 12.6. The summed E-state index contributed by atoms with van der Waals surface area (Å²) in [6, 6.07) is 15.6. The van der Waals surface area contributed by atoms with Crippen molar-refractivity contribution < 1.29 is 9.59 Å². The Morgan fingerprint density at radius 2 is 1.59 bits per heavy atom. The highest BCUT2D eigenvalue weighted by Crippen LogP contribution is 2.28. The fraction of sp³-hybridized carbons (Fsp3) is 0.391. The number of carbonyl (C=O) groups excluding carboxylic acids is 2. The lowest BCUT2D eigenvalue weighted by Gasteiger charge is -2.25. The third-order valence-corrected chi connectivity index (χ3v) is 4.57. The number of nitrogens with zero attached hydrogens (tertiary/aromatic N) is 1. The van der Waals surface area contributed by atoms with Crippen LogP contribution in [-0.2, 0) is 15.0 Å². The Bertz CT molecular complexity index is 802. The molecule has 0 fully saturated rings. The van der Waals surface area contributed by atoms with Crippen LogP contribution in [0, 0.1) is 0 Å². The van der Waals surface area contributed by atoms with E-state index in [2.05, 4.69) is 39.9 Å². The first-order valence-electron chi connectivity index (χ1n) is 9.37. The van der Waals surface area contributed by atoms with Crippen molar-refractivity contribution in [1.82, 2.24) is 0 Å². The van der Waals surface area contributed by atoms with Gasteiger partial charge >= 0.3 is 0 Å². The van der Waals surface area contributed by atoms with Crippen molar-refractivity contribution in [2.24, 2.45) is 0 Å². The zero-order valence-electron chi connectivity index (χ0n) is 17.2. The molecule has 0 bridgehead atoms. The maximum absolute atomic E-state index is 12.6. The Hall–Kier alpha value is -2.62. The lowest BCUT2D eigenvalue weighted by Crippen LogP contribution is -2.37. The van der Waals surface area contributed by atoms with Gasteiger partial charge in [0.25, 0.3) is 0 Å². The SMILES string of the molecule is CC(=O)N(CC(=O)Nc1ccc(C(C)(C)C)cc1)c1ccccc1C(C)C. The first-order valence-corrected chi connectivity index (χ1v) is 9.37. The molecule has 0 aliphatic rings. The van der Waals surface area contributed by atoms with E-state index in [0.717, 1.165) is 16.9 Å². The van der Waals surface area contributed by atoms with Gasteiger partial charge in [0.05, 0.1) is 0 Å². The van der Waals surface area contributed by atoms with E-state index >= 15 is 0 Å². The van der Waals surface area contributed by atoms with Crippen molar-refractivity contribution in [3.8, 4) is 0 Å². The number of amides is 2. The van der Waals surface area contributed by atoms with Gasteiger partial charge in [-0.1, -0.05) is 65.0 Å². The Balaban J connectivity index is 2.16. The number of benzene rings is 2. The first kappa shape index (κ1) is 20.7. The number of carbonyl (C=O) groups is 2. The van der Waals surface area contributed by atoms with Crippen LogP contribution >= 0.6 is 0 Å². The summed E-state index contributed by atoms with van der Waals surface area (Å²) in [4.78, 5) is 26.3. The number of rotatable bonds is 5. The topological polar surface area (TPSA) is 49.4 Å². The third-order valence-electron chi connectivity index (χ3n) is 4.57. The maximum Gasteiger partial charge on any atom is 0.244 e. The lowest BCUT2D eigenvalue weighted by atomic mass is 9.87. The summed E-state index contributed by atoms with van der Waals surface area (Å²) < 4.78 is 0. The highest BCUT2D eigenvalue weighted by molar-refractivity contribution is 6.02. The summed E-state index contributed by atoms with van der Waals surface area (Å²) in [5.74, 6) is -0.107. The molecule has 0 atom stereocenters. The van der Waals surface area contributed by atoms with Gasteiger partial charge in [0, 0.05) is 18.3 Å². The molecule has 0 aliphatic carbocycles. The molecular formula is C23H30N2O2. The van der Waals surface area contributed by atoms with Gasteiger partial charge in [-0.3, -0.25) is 9.59 Å². The molecule has 1 N–H and O–H groups in total. The monoisotopic (exact) mass is 366 g/mol. The molecule has 0 unspecified atom stereocenters. The zero-order valence-corrected chi connectivity index (χ0v) is 17.2. The molecule has 4 nitrogen and oxygen atoms in total. The molecular weight excluding hydrogens is 336 g/mol. The van der Waals surface area contributed by atoms with Gasteiger partial charge in [0.15, 0.2) is 0 Å². The highest BCUT2D eigenvalue weighted by Gasteiger charge is 2.20. The van der Waals surface area contributed by atoms with Gasteiger partial charge in [-0.25, -0.2) is 0 Å². The van der Waals surface area contributed by atoms with Gasteiger partial charge in [-0.2, -0.15) is 0 Å². The molecule has 0 saturated heterocycles. The molecule has 4 heteroatoms. The Kier molecular flexibility index (Phi) is 6.42. The molecule has 27 heavy (non-hydrogen) atoms. The smallest absolute Gasteiger partial charge is 0.244 e. The summed E-state index contributed by atoms with van der Waals surface area (Å²) >= 11 is 0. The number of hydrogen-bond donors (Lipinski definition) is 1. The van der Waals surface area contributed by atoms with E-state index < -0.39 is 0 Å². The van der Waals surface area contributed by atoms with Crippen LogP contribution in [0.15, 0.2) is 48.5 Å². The van der Waals surface area contributed by atoms with Crippen LogP contribution in [0.25, 0.3) is 0 Å². The molecule has 0 heterocycles. The molecule has 144 valence electrons. The molecule has 0 saturated carbocycles. The van der Waals surface area contributed by atoms with E-state index in [1.165, 1.54) is 17.4 Å². The molecule has 0 aliphatic heterocycles. The number of para-hydroxylation sites is 1. The largest absolute Gasteiger partial charge is 0.325 e. The minimum atomic E-state index is -0.215. The predicted molar refractivity (Wildman–Crippen MR) is 112 cm³/mol. The molecule has 2 aromatic rings. The van der Waals surface area contributed by atoms with Crippen molar-refractivity contribution >= 4 is 23.2 Å². The average Bonchev–Trinajstić information content (AvgIpc) is 2.59. The first-order chi connectivity index (χ1) is 12.6. The van der Waals surface area contributed by atoms with Crippen LogP contribution in [0.4, 0.5) is 11.4 Å². The van der Waals surface area contributed by atoms with Crippen molar-refractivity contribution in [1.29, 1.82) is 0 Å². The van der Waals surface area contributed by atoms with E-state index in [1.807, 2.05) is 48.5 Å². The van der Waals surface area contributed by atoms with Gasteiger partial charge in [0.1, 0.15) is 6.54 Å². The van der Waals surface area contributed by atoms with E-state index in [1.54, 1.807) is 0 Å². The van der Waals surface area contributed by atoms with E-state index in [4.69, 9.17) is 0 Å². The third kappa shape index (κ3) is 5.43. The molecule has 2 rings (SSSR count). The van der Waals surface area contributed by atoms with Gasteiger partial charge < -0.3 is 10.2 Å². The van der Waals surface area contributed by atoms with E-state index in [-0.39, 0.29) is 29.7 Å². The fourth-order valence-corrected chi connectivity index (χ4v) is 2.99. The molecule has 0 radical (unpaired) electrons. The Labute approximate surface area is 162 Å². The molecule has 0 spiro atoms. The zero-order chi connectivity index (χ0) is 20.2. The number of anilines is 2.